The second-order valence-electron chi connectivity index (χ2n) is 4.24. The molecule has 0 unspecified atom stereocenters. The summed E-state index contributed by atoms with van der Waals surface area (Å²) in [4.78, 5) is 11.5. The number of nitrogens with two attached hydrogens (primary N) is 1. The molecule has 0 bridgehead atoms. The lowest BCUT2D eigenvalue weighted by molar-refractivity contribution is 0.0600. The van der Waals surface area contributed by atoms with Crippen LogP contribution in [0.4, 0.5) is 5.69 Å². The number of nitrogen functional groups attached to an aromatic ring is 1. The second kappa shape index (κ2) is 6.10. The first kappa shape index (κ1) is 13.9. The number of hydrogen-bond acceptors (Lipinski definition) is 5. The Labute approximate surface area is 117 Å². The smallest absolute Gasteiger partial charge is 0.337 e. The SMILES string of the molecule is CCn1cc(COc2cc(C(=O)OC)ccc2N)cn1. The van der Waals surface area contributed by atoms with Crippen LogP contribution < -0.4 is 10.5 Å². The van der Waals surface area contributed by atoms with Gasteiger partial charge in [0.25, 0.3) is 0 Å². The summed E-state index contributed by atoms with van der Waals surface area (Å²) in [5, 5.41) is 4.16. The third kappa shape index (κ3) is 3.09. The van der Waals surface area contributed by atoms with E-state index in [1.165, 1.54) is 7.11 Å². The molecule has 0 fully saturated rings. The molecule has 6 nitrogen and oxygen atoms in total. The van der Waals surface area contributed by atoms with Crippen molar-refractivity contribution in [1.82, 2.24) is 9.78 Å². The molecule has 0 amide bonds. The molecular weight excluding hydrogens is 258 g/mol. The Balaban J connectivity index is 2.10. The van der Waals surface area contributed by atoms with E-state index in [2.05, 4.69) is 9.84 Å². The van der Waals surface area contributed by atoms with Crippen molar-refractivity contribution in [3.8, 4) is 5.75 Å². The Morgan fingerprint density at radius 1 is 1.45 bits per heavy atom. The van der Waals surface area contributed by atoms with Gasteiger partial charge in [-0.2, -0.15) is 5.10 Å². The first-order chi connectivity index (χ1) is 9.63. The highest BCUT2D eigenvalue weighted by Gasteiger charge is 2.09. The summed E-state index contributed by atoms with van der Waals surface area (Å²) in [6, 6.07) is 4.80. The van der Waals surface area contributed by atoms with Crippen molar-refractivity contribution >= 4 is 11.7 Å². The molecule has 1 aromatic heterocycles. The Morgan fingerprint density at radius 3 is 2.90 bits per heavy atom. The third-order valence-corrected chi connectivity index (χ3v) is 2.84. The van der Waals surface area contributed by atoms with Gasteiger partial charge in [0.15, 0.2) is 0 Å². The molecule has 2 N–H and O–H groups in total. The van der Waals surface area contributed by atoms with Gasteiger partial charge < -0.3 is 15.2 Å². The second-order valence-corrected chi connectivity index (χ2v) is 4.24. The highest BCUT2D eigenvalue weighted by atomic mass is 16.5. The quantitative estimate of drug-likeness (QED) is 0.665. The van der Waals surface area contributed by atoms with Gasteiger partial charge in [0.05, 0.1) is 24.6 Å². The number of carbonyl (C=O) groups is 1. The minimum absolute atomic E-state index is 0.342. The lowest BCUT2D eigenvalue weighted by Crippen LogP contribution is -2.04. The van der Waals surface area contributed by atoms with Crippen molar-refractivity contribution in [2.24, 2.45) is 0 Å². The van der Waals surface area contributed by atoms with E-state index >= 15 is 0 Å². The van der Waals surface area contributed by atoms with Gasteiger partial charge >= 0.3 is 5.97 Å². The van der Waals surface area contributed by atoms with E-state index in [0.29, 0.717) is 23.6 Å². The van der Waals surface area contributed by atoms with Gasteiger partial charge in [-0.3, -0.25) is 4.68 Å². The molecule has 0 radical (unpaired) electrons. The molecule has 1 heterocycles. The summed E-state index contributed by atoms with van der Waals surface area (Å²) in [6.07, 6.45) is 3.64. The molecule has 0 spiro atoms. The molecule has 106 valence electrons. The highest BCUT2D eigenvalue weighted by molar-refractivity contribution is 5.90. The molecule has 0 aliphatic carbocycles. The number of ether oxygens (including phenoxy) is 2. The molecule has 2 rings (SSSR count). The number of carbonyl (C=O) groups excluding carboxylic acids is 1. The summed E-state index contributed by atoms with van der Waals surface area (Å²) in [6.45, 7) is 3.16. The number of benzene rings is 1. The molecule has 0 aliphatic heterocycles. The van der Waals surface area contributed by atoms with Gasteiger partial charge in [-0.1, -0.05) is 0 Å². The van der Waals surface area contributed by atoms with Crippen LogP contribution in [0, 0.1) is 0 Å². The number of esters is 1. The largest absolute Gasteiger partial charge is 0.487 e. The zero-order chi connectivity index (χ0) is 14.5. The van der Waals surface area contributed by atoms with Crippen molar-refractivity contribution in [3.63, 3.8) is 0 Å². The summed E-state index contributed by atoms with van der Waals surface area (Å²) < 4.78 is 12.1. The van der Waals surface area contributed by atoms with E-state index in [0.717, 1.165) is 12.1 Å². The normalized spacial score (nSPS) is 10.3. The van der Waals surface area contributed by atoms with Gasteiger partial charge in [-0.25, -0.2) is 4.79 Å². The van der Waals surface area contributed by atoms with Gasteiger partial charge in [0.1, 0.15) is 12.4 Å². The van der Waals surface area contributed by atoms with Crippen LogP contribution in [0.2, 0.25) is 0 Å². The zero-order valence-electron chi connectivity index (χ0n) is 11.5. The predicted molar refractivity (Wildman–Crippen MR) is 74.4 cm³/mol. The number of aromatic nitrogens is 2. The summed E-state index contributed by atoms with van der Waals surface area (Å²) in [7, 11) is 1.33. The fourth-order valence-corrected chi connectivity index (χ4v) is 1.72. The molecule has 0 aliphatic rings. The number of rotatable bonds is 5. The van der Waals surface area contributed by atoms with Crippen LogP contribution in [0.15, 0.2) is 30.6 Å². The van der Waals surface area contributed by atoms with Crippen LogP contribution in [0.1, 0.15) is 22.8 Å². The average Bonchev–Trinajstić information content (AvgIpc) is 2.93. The van der Waals surface area contributed by atoms with Crippen molar-refractivity contribution < 1.29 is 14.3 Å². The van der Waals surface area contributed by atoms with E-state index in [4.69, 9.17) is 10.5 Å². The van der Waals surface area contributed by atoms with Crippen molar-refractivity contribution in [2.45, 2.75) is 20.1 Å². The van der Waals surface area contributed by atoms with Crippen LogP contribution >= 0.6 is 0 Å². The maximum absolute atomic E-state index is 11.5. The number of aryl methyl sites for hydroxylation is 1. The van der Waals surface area contributed by atoms with Crippen LogP contribution in [-0.2, 0) is 17.9 Å². The Bertz CT molecular complexity index is 607. The van der Waals surface area contributed by atoms with E-state index in [1.807, 2.05) is 17.8 Å². The van der Waals surface area contributed by atoms with Crippen molar-refractivity contribution in [1.29, 1.82) is 0 Å². The third-order valence-electron chi connectivity index (χ3n) is 2.84. The average molecular weight is 275 g/mol. The lowest BCUT2D eigenvalue weighted by Gasteiger charge is -2.09. The molecule has 0 saturated carbocycles. The number of anilines is 1. The minimum Gasteiger partial charge on any atom is -0.487 e. The van der Waals surface area contributed by atoms with Crippen LogP contribution in [0.5, 0.6) is 5.75 Å². The van der Waals surface area contributed by atoms with Crippen LogP contribution in [0.3, 0.4) is 0 Å². The molecule has 1 aromatic carbocycles. The first-order valence-electron chi connectivity index (χ1n) is 6.26. The van der Waals surface area contributed by atoms with E-state index < -0.39 is 5.97 Å². The van der Waals surface area contributed by atoms with Crippen molar-refractivity contribution in [2.75, 3.05) is 12.8 Å². The van der Waals surface area contributed by atoms with Gasteiger partial charge in [-0.05, 0) is 25.1 Å². The standard InChI is InChI=1S/C14H17N3O3/c1-3-17-8-10(7-16-17)9-20-13-6-11(14(18)19-2)4-5-12(13)15/h4-8H,3,9,15H2,1-2H3. The Hall–Kier alpha value is -2.50. The maximum Gasteiger partial charge on any atom is 0.337 e. The topological polar surface area (TPSA) is 79.4 Å². The molecule has 20 heavy (non-hydrogen) atoms. The maximum atomic E-state index is 11.5. The van der Waals surface area contributed by atoms with Gasteiger partial charge in [-0.15, -0.1) is 0 Å². The first-order valence-corrected chi connectivity index (χ1v) is 6.26. The molecule has 2 aromatic rings. The number of nitrogens with zero attached hydrogens (tertiary/aromatic N) is 2. The fraction of sp³-hybridized carbons (Fsp3) is 0.286. The zero-order valence-corrected chi connectivity index (χ0v) is 11.5. The van der Waals surface area contributed by atoms with Gasteiger partial charge in [0, 0.05) is 18.3 Å². The lowest BCUT2D eigenvalue weighted by atomic mass is 10.2. The minimum atomic E-state index is -0.423. The summed E-state index contributed by atoms with van der Waals surface area (Å²) in [5.74, 6) is 0.0331. The predicted octanol–water partition coefficient (Wildman–Crippen LogP) is 1.85. The number of hydrogen-bond donors (Lipinski definition) is 1. The fourth-order valence-electron chi connectivity index (χ4n) is 1.72. The molecule has 6 heteroatoms. The Morgan fingerprint density at radius 2 is 2.25 bits per heavy atom. The molecule has 0 saturated heterocycles. The molecular formula is C14H17N3O3. The highest BCUT2D eigenvalue weighted by Crippen LogP contribution is 2.24. The van der Waals surface area contributed by atoms with E-state index in [-0.39, 0.29) is 0 Å². The number of methoxy groups -OCH3 is 1. The monoisotopic (exact) mass is 275 g/mol. The van der Waals surface area contributed by atoms with Crippen LogP contribution in [-0.4, -0.2) is 22.9 Å². The van der Waals surface area contributed by atoms with E-state index in [1.54, 1.807) is 24.4 Å². The van der Waals surface area contributed by atoms with Crippen LogP contribution in [0.25, 0.3) is 0 Å². The molecule has 0 atom stereocenters. The summed E-state index contributed by atoms with van der Waals surface area (Å²) >= 11 is 0. The summed E-state index contributed by atoms with van der Waals surface area (Å²) in [5.41, 5.74) is 7.64. The Kier molecular flexibility index (Phi) is 4.24. The van der Waals surface area contributed by atoms with E-state index in [9.17, 15) is 4.79 Å². The van der Waals surface area contributed by atoms with Gasteiger partial charge in [0.2, 0.25) is 0 Å². The van der Waals surface area contributed by atoms with Crippen molar-refractivity contribution in [3.05, 3.63) is 41.7 Å².